The molecule has 2 aromatic carbocycles. The number of fused-ring (bicyclic) bond motifs is 2. The lowest BCUT2D eigenvalue weighted by Crippen LogP contribution is -2.45. The fraction of sp³-hybridized carbons (Fsp3) is 0.350. The predicted octanol–water partition coefficient (Wildman–Crippen LogP) is 3.59. The molecule has 0 bridgehead atoms. The molecule has 2 unspecified atom stereocenters. The van der Waals surface area contributed by atoms with E-state index in [1.165, 1.54) is 12.1 Å². The number of likely N-dealkylation sites (N-methyl/N-ethyl adjacent to an activating group) is 1. The molecule has 26 heavy (non-hydrogen) atoms. The monoisotopic (exact) mass is 376 g/mol. The van der Waals surface area contributed by atoms with Crippen molar-refractivity contribution in [1.82, 2.24) is 5.32 Å². The Kier molecular flexibility index (Phi) is 4.71. The molecule has 2 aliphatic heterocycles. The van der Waals surface area contributed by atoms with Crippen molar-refractivity contribution < 1.29 is 13.9 Å². The molecule has 2 aromatic rings. The van der Waals surface area contributed by atoms with E-state index in [1.54, 1.807) is 6.07 Å². The SMILES string of the molecule is CNCC1Oc2cc(F)ccc2C1N1C(=O)C(C)(C)c2ccccc21.Cl. The second kappa shape index (κ2) is 6.56. The number of nitrogens with one attached hydrogen (secondary N) is 1. The maximum absolute atomic E-state index is 13.6. The minimum atomic E-state index is -0.594. The number of hydrogen-bond donors (Lipinski definition) is 1. The third-order valence-electron chi connectivity index (χ3n) is 5.20. The van der Waals surface area contributed by atoms with Crippen LogP contribution in [-0.4, -0.2) is 25.6 Å². The first-order chi connectivity index (χ1) is 11.9. The molecule has 2 atom stereocenters. The number of rotatable bonds is 3. The molecule has 4 rings (SSSR count). The van der Waals surface area contributed by atoms with Crippen molar-refractivity contribution in [3.8, 4) is 5.75 Å². The van der Waals surface area contributed by atoms with Crippen molar-refractivity contribution >= 4 is 24.0 Å². The molecular formula is C20H22ClFN2O2. The summed E-state index contributed by atoms with van der Waals surface area (Å²) < 4.78 is 19.6. The lowest BCUT2D eigenvalue weighted by atomic mass is 9.86. The minimum absolute atomic E-state index is 0. The van der Waals surface area contributed by atoms with Gasteiger partial charge in [-0.2, -0.15) is 0 Å². The molecule has 1 amide bonds. The van der Waals surface area contributed by atoms with Crippen LogP contribution in [0.25, 0.3) is 0 Å². The molecule has 0 aromatic heterocycles. The van der Waals surface area contributed by atoms with E-state index < -0.39 is 5.41 Å². The van der Waals surface area contributed by atoms with Crippen molar-refractivity contribution in [2.75, 3.05) is 18.5 Å². The Labute approximate surface area is 158 Å². The average Bonchev–Trinajstić information content (AvgIpc) is 3.01. The van der Waals surface area contributed by atoms with Gasteiger partial charge < -0.3 is 10.1 Å². The van der Waals surface area contributed by atoms with Crippen LogP contribution in [0.4, 0.5) is 10.1 Å². The molecule has 4 nitrogen and oxygen atoms in total. The third-order valence-corrected chi connectivity index (χ3v) is 5.20. The molecule has 0 aliphatic carbocycles. The molecular weight excluding hydrogens is 355 g/mol. The van der Waals surface area contributed by atoms with Crippen LogP contribution >= 0.6 is 12.4 Å². The Morgan fingerprint density at radius 3 is 2.69 bits per heavy atom. The summed E-state index contributed by atoms with van der Waals surface area (Å²) in [5, 5.41) is 3.12. The molecule has 6 heteroatoms. The summed E-state index contributed by atoms with van der Waals surface area (Å²) in [6.45, 7) is 4.46. The van der Waals surface area contributed by atoms with Gasteiger partial charge in [0.25, 0.3) is 0 Å². The number of carbonyl (C=O) groups excluding carboxylic acids is 1. The number of para-hydroxylation sites is 1. The molecule has 2 aliphatic rings. The maximum atomic E-state index is 13.6. The van der Waals surface area contributed by atoms with Gasteiger partial charge in [0.05, 0.1) is 5.41 Å². The Morgan fingerprint density at radius 1 is 1.23 bits per heavy atom. The summed E-state index contributed by atoms with van der Waals surface area (Å²) in [5.74, 6) is 0.219. The van der Waals surface area contributed by atoms with Gasteiger partial charge in [-0.1, -0.05) is 24.3 Å². The second-order valence-corrected chi connectivity index (χ2v) is 7.16. The molecule has 0 spiro atoms. The number of hydrogen-bond acceptors (Lipinski definition) is 3. The maximum Gasteiger partial charge on any atom is 0.237 e. The fourth-order valence-electron chi connectivity index (χ4n) is 3.96. The summed E-state index contributed by atoms with van der Waals surface area (Å²) in [5.41, 5.74) is 2.18. The fourth-order valence-corrected chi connectivity index (χ4v) is 3.96. The molecule has 0 fully saturated rings. The van der Waals surface area contributed by atoms with E-state index in [0.717, 1.165) is 16.8 Å². The third kappa shape index (κ3) is 2.58. The van der Waals surface area contributed by atoms with E-state index in [-0.39, 0.29) is 36.3 Å². The lowest BCUT2D eigenvalue weighted by Gasteiger charge is -2.30. The first kappa shape index (κ1) is 18.7. The number of carbonyl (C=O) groups is 1. The summed E-state index contributed by atoms with van der Waals surface area (Å²) in [6.07, 6.45) is -0.271. The van der Waals surface area contributed by atoms with Crippen molar-refractivity contribution in [2.24, 2.45) is 0 Å². The van der Waals surface area contributed by atoms with Gasteiger partial charge >= 0.3 is 0 Å². The van der Waals surface area contributed by atoms with Gasteiger partial charge in [0.15, 0.2) is 0 Å². The first-order valence-corrected chi connectivity index (χ1v) is 8.49. The molecule has 1 N–H and O–H groups in total. The smallest absolute Gasteiger partial charge is 0.237 e. The highest BCUT2D eigenvalue weighted by Crippen LogP contribution is 2.50. The molecule has 0 radical (unpaired) electrons. The molecule has 2 heterocycles. The van der Waals surface area contributed by atoms with Crippen LogP contribution < -0.4 is 15.0 Å². The van der Waals surface area contributed by atoms with Crippen LogP contribution in [0.2, 0.25) is 0 Å². The van der Waals surface area contributed by atoms with E-state index in [4.69, 9.17) is 4.74 Å². The Hall–Kier alpha value is -2.11. The average molecular weight is 377 g/mol. The van der Waals surface area contributed by atoms with Gasteiger partial charge in [0, 0.05) is 23.9 Å². The number of benzene rings is 2. The van der Waals surface area contributed by atoms with Crippen LogP contribution in [-0.2, 0) is 10.2 Å². The van der Waals surface area contributed by atoms with Crippen LogP contribution in [0.1, 0.15) is 31.0 Å². The van der Waals surface area contributed by atoms with Gasteiger partial charge in [-0.25, -0.2) is 4.39 Å². The van der Waals surface area contributed by atoms with Crippen LogP contribution in [0.3, 0.4) is 0 Å². The predicted molar refractivity (Wildman–Crippen MR) is 102 cm³/mol. The zero-order valence-electron chi connectivity index (χ0n) is 15.0. The molecule has 0 saturated carbocycles. The molecule has 0 saturated heterocycles. The van der Waals surface area contributed by atoms with Crippen molar-refractivity contribution in [3.63, 3.8) is 0 Å². The summed E-state index contributed by atoms with van der Waals surface area (Å²) in [4.78, 5) is 15.1. The first-order valence-electron chi connectivity index (χ1n) is 8.49. The Morgan fingerprint density at radius 2 is 1.96 bits per heavy atom. The zero-order valence-corrected chi connectivity index (χ0v) is 15.8. The lowest BCUT2D eigenvalue weighted by molar-refractivity contribution is -0.122. The van der Waals surface area contributed by atoms with Crippen LogP contribution in [0.5, 0.6) is 5.75 Å². The number of halogens is 2. The highest BCUT2D eigenvalue weighted by Gasteiger charge is 2.50. The van der Waals surface area contributed by atoms with E-state index in [1.807, 2.05) is 50.1 Å². The topological polar surface area (TPSA) is 41.6 Å². The van der Waals surface area contributed by atoms with Gasteiger partial charge in [-0.05, 0) is 38.6 Å². The van der Waals surface area contributed by atoms with E-state index in [2.05, 4.69) is 5.32 Å². The van der Waals surface area contributed by atoms with Crippen molar-refractivity contribution in [1.29, 1.82) is 0 Å². The van der Waals surface area contributed by atoms with Gasteiger partial charge in [0.1, 0.15) is 23.7 Å². The number of nitrogens with zero attached hydrogens (tertiary/aromatic N) is 1. The van der Waals surface area contributed by atoms with Crippen LogP contribution in [0.15, 0.2) is 42.5 Å². The highest BCUT2D eigenvalue weighted by molar-refractivity contribution is 6.08. The summed E-state index contributed by atoms with van der Waals surface area (Å²) >= 11 is 0. The van der Waals surface area contributed by atoms with Crippen molar-refractivity contribution in [2.45, 2.75) is 31.4 Å². The van der Waals surface area contributed by atoms with Crippen LogP contribution in [0, 0.1) is 5.82 Å². The number of ether oxygens (including phenoxy) is 1. The van der Waals surface area contributed by atoms with Gasteiger partial charge in [-0.15, -0.1) is 12.4 Å². The Balaban J connectivity index is 0.00000196. The van der Waals surface area contributed by atoms with Crippen molar-refractivity contribution in [3.05, 3.63) is 59.4 Å². The van der Waals surface area contributed by atoms with E-state index in [0.29, 0.717) is 12.3 Å². The normalized spacial score (nSPS) is 22.5. The van der Waals surface area contributed by atoms with E-state index >= 15 is 0 Å². The molecule has 138 valence electrons. The van der Waals surface area contributed by atoms with Gasteiger partial charge in [0.2, 0.25) is 5.91 Å². The van der Waals surface area contributed by atoms with E-state index in [9.17, 15) is 9.18 Å². The minimum Gasteiger partial charge on any atom is -0.486 e. The summed E-state index contributed by atoms with van der Waals surface area (Å²) in [7, 11) is 1.84. The Bertz CT molecular complexity index is 855. The summed E-state index contributed by atoms with van der Waals surface area (Å²) in [6, 6.07) is 12.1. The highest BCUT2D eigenvalue weighted by atomic mass is 35.5. The van der Waals surface area contributed by atoms with Gasteiger partial charge in [-0.3, -0.25) is 9.69 Å². The second-order valence-electron chi connectivity index (χ2n) is 7.16. The number of anilines is 1. The largest absolute Gasteiger partial charge is 0.486 e. The standard InChI is InChI=1S/C20H21FN2O2.ClH/c1-20(2)14-6-4-5-7-15(14)23(19(20)24)18-13-9-8-12(21)10-16(13)25-17(18)11-22-3;/h4-10,17-18,22H,11H2,1-3H3;1H. The number of amides is 1. The quantitative estimate of drug-likeness (QED) is 0.890. The zero-order chi connectivity index (χ0) is 17.8.